The minimum absolute atomic E-state index is 0.0942. The molecule has 0 atom stereocenters. The van der Waals surface area contributed by atoms with Crippen molar-refractivity contribution in [2.45, 2.75) is 19.5 Å². The molecule has 0 unspecified atom stereocenters. The lowest BCUT2D eigenvalue weighted by Crippen LogP contribution is -2.38. The van der Waals surface area contributed by atoms with Crippen molar-refractivity contribution >= 4 is 11.6 Å². The van der Waals surface area contributed by atoms with E-state index in [4.69, 9.17) is 5.73 Å². The summed E-state index contributed by atoms with van der Waals surface area (Å²) in [4.78, 5) is 14.1. The number of fused-ring (bicyclic) bond motifs is 1. The lowest BCUT2D eigenvalue weighted by Gasteiger charge is -2.29. The number of hydrogen-bond acceptors (Lipinski definition) is 3. The van der Waals surface area contributed by atoms with Crippen LogP contribution in [-0.2, 0) is 24.3 Å². The minimum atomic E-state index is 0.0942. The number of rotatable bonds is 2. The first kappa shape index (κ1) is 11.8. The van der Waals surface area contributed by atoms with Gasteiger partial charge in [0.1, 0.15) is 6.54 Å². The van der Waals surface area contributed by atoms with Crippen molar-refractivity contribution in [3.8, 4) is 0 Å². The fraction of sp³-hybridized carbons (Fsp3) is 0.286. The number of nitrogens with two attached hydrogens (primary N) is 1. The van der Waals surface area contributed by atoms with E-state index in [0.717, 1.165) is 24.2 Å². The highest BCUT2D eigenvalue weighted by Gasteiger charge is 2.21. The van der Waals surface area contributed by atoms with Crippen molar-refractivity contribution < 1.29 is 4.79 Å². The summed E-state index contributed by atoms with van der Waals surface area (Å²) in [5.74, 6) is 0.0942. The fourth-order valence-corrected chi connectivity index (χ4v) is 2.48. The van der Waals surface area contributed by atoms with Crippen molar-refractivity contribution in [2.24, 2.45) is 0 Å². The summed E-state index contributed by atoms with van der Waals surface area (Å²) in [5, 5.41) is 4.06. The van der Waals surface area contributed by atoms with Gasteiger partial charge in [0.15, 0.2) is 0 Å². The van der Waals surface area contributed by atoms with Gasteiger partial charge in [0.2, 0.25) is 5.91 Å². The molecule has 0 radical (unpaired) electrons. The highest BCUT2D eigenvalue weighted by atomic mass is 16.2. The molecule has 0 saturated heterocycles. The van der Waals surface area contributed by atoms with Gasteiger partial charge in [0.05, 0.1) is 0 Å². The topological polar surface area (TPSA) is 64.2 Å². The maximum absolute atomic E-state index is 12.2. The molecule has 1 aromatic heterocycles. The Hall–Kier alpha value is -2.30. The number of benzene rings is 1. The highest BCUT2D eigenvalue weighted by Crippen LogP contribution is 2.24. The Morgan fingerprint density at radius 1 is 1.37 bits per heavy atom. The summed E-state index contributed by atoms with van der Waals surface area (Å²) in [5.41, 5.74) is 9.12. The van der Waals surface area contributed by atoms with E-state index in [-0.39, 0.29) is 5.91 Å². The Bertz CT molecular complexity index is 591. The predicted molar refractivity (Wildman–Crippen MR) is 72.2 cm³/mol. The first-order valence-corrected chi connectivity index (χ1v) is 6.35. The van der Waals surface area contributed by atoms with E-state index in [1.54, 1.807) is 17.1 Å². The zero-order chi connectivity index (χ0) is 13.2. The molecule has 2 heterocycles. The van der Waals surface area contributed by atoms with Crippen LogP contribution in [0.3, 0.4) is 0 Å². The molecule has 1 aliphatic heterocycles. The molecular formula is C14H16N4O. The third-order valence-electron chi connectivity index (χ3n) is 3.51. The van der Waals surface area contributed by atoms with Crippen molar-refractivity contribution in [2.75, 3.05) is 12.3 Å². The van der Waals surface area contributed by atoms with Crippen LogP contribution in [0.15, 0.2) is 36.7 Å². The summed E-state index contributed by atoms with van der Waals surface area (Å²) < 4.78 is 1.65. The van der Waals surface area contributed by atoms with E-state index in [1.807, 2.05) is 29.2 Å². The van der Waals surface area contributed by atoms with Gasteiger partial charge in [0.25, 0.3) is 0 Å². The molecule has 5 nitrogen and oxygen atoms in total. The van der Waals surface area contributed by atoms with E-state index >= 15 is 0 Å². The number of aromatic nitrogens is 2. The largest absolute Gasteiger partial charge is 0.398 e. The second-order valence-corrected chi connectivity index (χ2v) is 4.75. The average Bonchev–Trinajstić information content (AvgIpc) is 2.91. The third-order valence-corrected chi connectivity index (χ3v) is 3.51. The van der Waals surface area contributed by atoms with Gasteiger partial charge in [-0.2, -0.15) is 5.10 Å². The van der Waals surface area contributed by atoms with E-state index in [1.165, 1.54) is 5.56 Å². The normalized spacial score (nSPS) is 14.2. The summed E-state index contributed by atoms with van der Waals surface area (Å²) >= 11 is 0. The zero-order valence-electron chi connectivity index (χ0n) is 10.6. The van der Waals surface area contributed by atoms with Gasteiger partial charge in [-0.05, 0) is 29.7 Å². The van der Waals surface area contributed by atoms with Crippen molar-refractivity contribution in [3.05, 3.63) is 47.8 Å². The zero-order valence-corrected chi connectivity index (χ0v) is 10.6. The Kier molecular flexibility index (Phi) is 2.95. The Morgan fingerprint density at radius 3 is 3.05 bits per heavy atom. The van der Waals surface area contributed by atoms with Crippen molar-refractivity contribution in [3.63, 3.8) is 0 Å². The summed E-state index contributed by atoms with van der Waals surface area (Å²) in [6.07, 6.45) is 4.31. The highest BCUT2D eigenvalue weighted by molar-refractivity contribution is 5.76. The number of amides is 1. The predicted octanol–water partition coefficient (Wildman–Crippen LogP) is 1.05. The number of hydrogen-bond donors (Lipinski definition) is 1. The second-order valence-electron chi connectivity index (χ2n) is 4.75. The number of anilines is 1. The first-order valence-electron chi connectivity index (χ1n) is 6.35. The Balaban J connectivity index is 1.73. The SMILES string of the molecule is Nc1cccc2c1CCN(C(=O)Cn1cccn1)C2. The Morgan fingerprint density at radius 2 is 2.26 bits per heavy atom. The molecule has 3 rings (SSSR count). The van der Waals surface area contributed by atoms with Crippen LogP contribution < -0.4 is 5.73 Å². The molecule has 0 bridgehead atoms. The van der Waals surface area contributed by atoms with Crippen LogP contribution in [0.4, 0.5) is 5.69 Å². The molecule has 98 valence electrons. The molecule has 1 aromatic carbocycles. The number of carbonyl (C=O) groups is 1. The standard InChI is InChI=1S/C14H16N4O/c15-13-4-1-3-11-9-17(8-5-12(11)13)14(19)10-18-7-2-6-16-18/h1-4,6-7H,5,8-10,15H2. The third kappa shape index (κ3) is 2.31. The molecule has 1 amide bonds. The van der Waals surface area contributed by atoms with E-state index < -0.39 is 0 Å². The number of nitrogen functional groups attached to an aromatic ring is 1. The van der Waals surface area contributed by atoms with Crippen molar-refractivity contribution in [1.29, 1.82) is 0 Å². The Labute approximate surface area is 111 Å². The van der Waals surface area contributed by atoms with E-state index in [2.05, 4.69) is 5.10 Å². The maximum Gasteiger partial charge on any atom is 0.244 e. The monoisotopic (exact) mass is 256 g/mol. The van der Waals surface area contributed by atoms with Gasteiger partial charge < -0.3 is 10.6 Å². The molecule has 0 fully saturated rings. The molecule has 5 heteroatoms. The van der Waals surface area contributed by atoms with Crippen LogP contribution in [0.1, 0.15) is 11.1 Å². The molecule has 1 aliphatic rings. The van der Waals surface area contributed by atoms with Gasteiger partial charge in [-0.15, -0.1) is 0 Å². The average molecular weight is 256 g/mol. The quantitative estimate of drug-likeness (QED) is 0.817. The van der Waals surface area contributed by atoms with Gasteiger partial charge in [-0.1, -0.05) is 12.1 Å². The van der Waals surface area contributed by atoms with E-state index in [9.17, 15) is 4.79 Å². The van der Waals surface area contributed by atoms with Crippen LogP contribution in [0.5, 0.6) is 0 Å². The number of nitrogens with zero attached hydrogens (tertiary/aromatic N) is 3. The van der Waals surface area contributed by atoms with Gasteiger partial charge in [-0.3, -0.25) is 9.48 Å². The van der Waals surface area contributed by atoms with Gasteiger partial charge in [0, 0.05) is 31.2 Å². The van der Waals surface area contributed by atoms with Gasteiger partial charge in [-0.25, -0.2) is 0 Å². The van der Waals surface area contributed by atoms with Crippen LogP contribution in [0.2, 0.25) is 0 Å². The smallest absolute Gasteiger partial charge is 0.244 e. The molecule has 2 N–H and O–H groups in total. The van der Waals surface area contributed by atoms with E-state index in [0.29, 0.717) is 13.1 Å². The second kappa shape index (κ2) is 4.76. The summed E-state index contributed by atoms with van der Waals surface area (Å²) in [7, 11) is 0. The molecule has 2 aromatic rings. The molecular weight excluding hydrogens is 240 g/mol. The number of carbonyl (C=O) groups excluding carboxylic acids is 1. The van der Waals surface area contributed by atoms with Crippen LogP contribution in [0, 0.1) is 0 Å². The van der Waals surface area contributed by atoms with Crippen LogP contribution in [-0.4, -0.2) is 27.1 Å². The van der Waals surface area contributed by atoms with Crippen LogP contribution >= 0.6 is 0 Å². The molecule has 0 aliphatic carbocycles. The molecule has 19 heavy (non-hydrogen) atoms. The fourth-order valence-electron chi connectivity index (χ4n) is 2.48. The lowest BCUT2D eigenvalue weighted by molar-refractivity contribution is -0.132. The first-order chi connectivity index (χ1) is 9.24. The van der Waals surface area contributed by atoms with Crippen LogP contribution in [0.25, 0.3) is 0 Å². The van der Waals surface area contributed by atoms with Crippen molar-refractivity contribution in [1.82, 2.24) is 14.7 Å². The molecule has 0 spiro atoms. The lowest BCUT2D eigenvalue weighted by atomic mass is 9.98. The van der Waals surface area contributed by atoms with Gasteiger partial charge >= 0.3 is 0 Å². The minimum Gasteiger partial charge on any atom is -0.398 e. The summed E-state index contributed by atoms with van der Waals surface area (Å²) in [6, 6.07) is 7.72. The summed E-state index contributed by atoms with van der Waals surface area (Å²) in [6.45, 7) is 1.66. The maximum atomic E-state index is 12.2. The molecule has 0 saturated carbocycles.